The molecule has 3 amide bonds. The van der Waals surface area contributed by atoms with Crippen molar-refractivity contribution in [3.05, 3.63) is 35.7 Å². The van der Waals surface area contributed by atoms with Gasteiger partial charge in [0.05, 0.1) is 0 Å². The lowest BCUT2D eigenvalue weighted by Gasteiger charge is -2.19. The molecule has 0 bridgehead atoms. The van der Waals surface area contributed by atoms with Crippen LogP contribution in [0.5, 0.6) is 0 Å². The van der Waals surface area contributed by atoms with Crippen molar-refractivity contribution >= 4 is 24.3 Å². The molecule has 1 saturated carbocycles. The lowest BCUT2D eigenvalue weighted by Crippen LogP contribution is -2.44. The maximum absolute atomic E-state index is 12.6. The summed E-state index contributed by atoms with van der Waals surface area (Å²) in [5.74, 6) is 0.458. The molecule has 1 saturated heterocycles. The van der Waals surface area contributed by atoms with Crippen molar-refractivity contribution in [2.24, 2.45) is 5.73 Å². The quantitative estimate of drug-likeness (QED) is 0.787. The summed E-state index contributed by atoms with van der Waals surface area (Å²) in [4.78, 5) is 30.3. The number of urea groups is 1. The van der Waals surface area contributed by atoms with E-state index >= 15 is 0 Å². The van der Waals surface area contributed by atoms with Crippen molar-refractivity contribution < 1.29 is 14.1 Å². The van der Waals surface area contributed by atoms with Gasteiger partial charge in [0.15, 0.2) is 0 Å². The lowest BCUT2D eigenvalue weighted by atomic mass is 9.98. The number of halogens is 1. The van der Waals surface area contributed by atoms with E-state index in [0.29, 0.717) is 25.2 Å². The molecule has 1 aliphatic carbocycles. The number of imide groups is 1. The first-order valence-electron chi connectivity index (χ1n) is 8.37. The van der Waals surface area contributed by atoms with Gasteiger partial charge in [-0.15, -0.1) is 12.4 Å². The number of benzene rings is 1. The summed E-state index contributed by atoms with van der Waals surface area (Å²) in [6, 6.07) is 7.12. The SMILES string of the molecule is Cl.NCc1ccc(-c2noc(CN3C(=O)NC4(CCCC4)C3=O)n2)cc1. The molecule has 138 valence electrons. The molecule has 2 aliphatic rings. The van der Waals surface area contributed by atoms with E-state index in [-0.39, 0.29) is 36.8 Å². The molecule has 0 atom stereocenters. The highest BCUT2D eigenvalue weighted by atomic mass is 35.5. The number of nitrogens with one attached hydrogen (secondary N) is 1. The highest BCUT2D eigenvalue weighted by Gasteiger charge is 2.52. The van der Waals surface area contributed by atoms with Gasteiger partial charge in [0.2, 0.25) is 11.7 Å². The van der Waals surface area contributed by atoms with Crippen LogP contribution in [0.4, 0.5) is 4.79 Å². The number of rotatable bonds is 4. The molecule has 9 heteroatoms. The Hall–Kier alpha value is -2.45. The van der Waals surface area contributed by atoms with Gasteiger partial charge in [-0.2, -0.15) is 4.98 Å². The third kappa shape index (κ3) is 3.06. The van der Waals surface area contributed by atoms with Crippen molar-refractivity contribution in [1.82, 2.24) is 20.4 Å². The highest BCUT2D eigenvalue weighted by molar-refractivity contribution is 6.07. The fraction of sp³-hybridized carbons (Fsp3) is 0.412. The number of carbonyl (C=O) groups is 2. The highest BCUT2D eigenvalue weighted by Crippen LogP contribution is 2.35. The maximum atomic E-state index is 12.6. The van der Waals surface area contributed by atoms with Gasteiger partial charge in [0, 0.05) is 12.1 Å². The Bertz CT molecular complexity index is 814. The lowest BCUT2D eigenvalue weighted by molar-refractivity contribution is -0.131. The van der Waals surface area contributed by atoms with E-state index < -0.39 is 5.54 Å². The number of amides is 3. The molecule has 1 aliphatic heterocycles. The molecule has 0 unspecified atom stereocenters. The summed E-state index contributed by atoms with van der Waals surface area (Å²) in [6.45, 7) is 0.450. The molecule has 2 aromatic rings. The summed E-state index contributed by atoms with van der Waals surface area (Å²) in [5.41, 5.74) is 6.66. The van der Waals surface area contributed by atoms with Crippen molar-refractivity contribution in [2.75, 3.05) is 0 Å². The van der Waals surface area contributed by atoms with Crippen LogP contribution < -0.4 is 11.1 Å². The standard InChI is InChI=1S/C17H19N5O3.ClH/c18-9-11-3-5-12(6-4-11)14-19-13(25-21-14)10-22-15(23)17(20-16(22)24)7-1-2-8-17;/h3-6H,1-2,7-10,18H2,(H,20,24);1H. The predicted octanol–water partition coefficient (Wildman–Crippen LogP) is 1.98. The van der Waals surface area contributed by atoms with E-state index in [1.54, 1.807) is 0 Å². The summed E-state index contributed by atoms with van der Waals surface area (Å²) in [7, 11) is 0. The minimum Gasteiger partial charge on any atom is -0.337 e. The molecular formula is C17H20ClN5O3. The van der Waals surface area contributed by atoms with E-state index in [9.17, 15) is 9.59 Å². The van der Waals surface area contributed by atoms with Gasteiger partial charge >= 0.3 is 6.03 Å². The maximum Gasteiger partial charge on any atom is 0.325 e. The topological polar surface area (TPSA) is 114 Å². The summed E-state index contributed by atoms with van der Waals surface area (Å²) >= 11 is 0. The second-order valence-corrected chi connectivity index (χ2v) is 6.52. The van der Waals surface area contributed by atoms with Gasteiger partial charge in [-0.3, -0.25) is 9.69 Å². The molecule has 0 radical (unpaired) electrons. The smallest absolute Gasteiger partial charge is 0.325 e. The van der Waals surface area contributed by atoms with E-state index in [0.717, 1.165) is 24.0 Å². The second kappa shape index (κ2) is 7.05. The van der Waals surface area contributed by atoms with Crippen LogP contribution in [0.25, 0.3) is 11.4 Å². The Morgan fingerprint density at radius 1 is 1.19 bits per heavy atom. The molecular weight excluding hydrogens is 358 g/mol. The fourth-order valence-electron chi connectivity index (χ4n) is 3.50. The first-order chi connectivity index (χ1) is 12.1. The Balaban J connectivity index is 0.00000196. The monoisotopic (exact) mass is 377 g/mol. The molecule has 1 aromatic heterocycles. The summed E-state index contributed by atoms with van der Waals surface area (Å²) in [6.07, 6.45) is 3.28. The third-order valence-corrected chi connectivity index (χ3v) is 4.91. The zero-order valence-electron chi connectivity index (χ0n) is 14.1. The Morgan fingerprint density at radius 3 is 2.54 bits per heavy atom. The Morgan fingerprint density at radius 2 is 1.88 bits per heavy atom. The Labute approximate surface area is 156 Å². The van der Waals surface area contributed by atoms with Crippen LogP contribution in [-0.4, -0.2) is 32.5 Å². The molecule has 8 nitrogen and oxygen atoms in total. The van der Waals surface area contributed by atoms with Gasteiger partial charge in [-0.05, 0) is 18.4 Å². The van der Waals surface area contributed by atoms with Crippen molar-refractivity contribution in [3.63, 3.8) is 0 Å². The number of hydrogen-bond donors (Lipinski definition) is 2. The number of nitrogens with zero attached hydrogens (tertiary/aromatic N) is 3. The van der Waals surface area contributed by atoms with Gasteiger partial charge < -0.3 is 15.6 Å². The molecule has 26 heavy (non-hydrogen) atoms. The molecule has 4 rings (SSSR count). The minimum absolute atomic E-state index is 0. The molecule has 2 fully saturated rings. The number of hydrogen-bond acceptors (Lipinski definition) is 6. The minimum atomic E-state index is -0.724. The van der Waals surface area contributed by atoms with Crippen LogP contribution in [0.15, 0.2) is 28.8 Å². The fourth-order valence-corrected chi connectivity index (χ4v) is 3.50. The average molecular weight is 378 g/mol. The number of carbonyl (C=O) groups excluding carboxylic acids is 2. The number of nitrogens with two attached hydrogens (primary N) is 1. The second-order valence-electron chi connectivity index (χ2n) is 6.52. The first-order valence-corrected chi connectivity index (χ1v) is 8.37. The molecule has 2 heterocycles. The van der Waals surface area contributed by atoms with Crippen molar-refractivity contribution in [2.45, 2.75) is 44.3 Å². The molecule has 3 N–H and O–H groups in total. The largest absolute Gasteiger partial charge is 0.337 e. The van der Waals surface area contributed by atoms with Crippen molar-refractivity contribution in [1.29, 1.82) is 0 Å². The third-order valence-electron chi connectivity index (χ3n) is 4.91. The zero-order valence-corrected chi connectivity index (χ0v) is 14.9. The van der Waals surface area contributed by atoms with Crippen LogP contribution in [0.3, 0.4) is 0 Å². The van der Waals surface area contributed by atoms with E-state index in [1.165, 1.54) is 4.90 Å². The summed E-state index contributed by atoms with van der Waals surface area (Å²) < 4.78 is 5.23. The number of aromatic nitrogens is 2. The molecule has 1 spiro atoms. The molecule has 1 aromatic carbocycles. The van der Waals surface area contributed by atoms with Crippen LogP contribution in [-0.2, 0) is 17.9 Å². The van der Waals surface area contributed by atoms with Crippen molar-refractivity contribution in [3.8, 4) is 11.4 Å². The van der Waals surface area contributed by atoms with E-state index in [2.05, 4.69) is 15.5 Å². The van der Waals surface area contributed by atoms with Crippen LogP contribution in [0.2, 0.25) is 0 Å². The zero-order chi connectivity index (χ0) is 17.4. The van der Waals surface area contributed by atoms with Gasteiger partial charge in [-0.1, -0.05) is 42.3 Å². The van der Waals surface area contributed by atoms with Crippen LogP contribution in [0, 0.1) is 0 Å². The average Bonchev–Trinajstić information content (AvgIpc) is 3.33. The van der Waals surface area contributed by atoms with Crippen LogP contribution >= 0.6 is 12.4 Å². The van der Waals surface area contributed by atoms with E-state index in [1.807, 2.05) is 24.3 Å². The summed E-state index contributed by atoms with van der Waals surface area (Å²) in [5, 5.41) is 6.77. The van der Waals surface area contributed by atoms with Gasteiger partial charge in [0.25, 0.3) is 5.91 Å². The van der Waals surface area contributed by atoms with Gasteiger partial charge in [-0.25, -0.2) is 4.79 Å². The Kier molecular flexibility index (Phi) is 4.97. The van der Waals surface area contributed by atoms with E-state index in [4.69, 9.17) is 10.3 Å². The van der Waals surface area contributed by atoms with Gasteiger partial charge in [0.1, 0.15) is 12.1 Å². The normalized spacial score (nSPS) is 18.3. The predicted molar refractivity (Wildman–Crippen MR) is 95.2 cm³/mol. The van der Waals surface area contributed by atoms with Crippen LogP contribution in [0.1, 0.15) is 37.1 Å². The first kappa shape index (κ1) is 18.3.